The third-order valence-electron chi connectivity index (χ3n) is 7.18. The van der Waals surface area contributed by atoms with Crippen molar-refractivity contribution in [2.75, 3.05) is 24.7 Å². The number of methoxy groups -OCH3 is 1. The molecule has 1 fully saturated rings. The second-order valence-corrected chi connectivity index (χ2v) is 10.5. The van der Waals surface area contributed by atoms with Crippen molar-refractivity contribution in [2.45, 2.75) is 49.1 Å². The molecule has 12 heteroatoms. The minimum atomic E-state index is -1.15. The molecule has 0 radical (unpaired) electrons. The molecule has 1 atom stereocenters. The Morgan fingerprint density at radius 2 is 2.05 bits per heavy atom. The number of nitrogens with one attached hydrogen (secondary N) is 3. The Hall–Kier alpha value is -3.51. The number of hydrogen-bond acceptors (Lipinski definition) is 8. The van der Waals surface area contributed by atoms with Crippen molar-refractivity contribution >= 4 is 40.6 Å². The summed E-state index contributed by atoms with van der Waals surface area (Å²) in [6.07, 6.45) is 3.32. The number of rotatable bonds is 8. The fraction of sp³-hybridized carbons (Fsp3) is 0.423. The lowest BCUT2D eigenvalue weighted by atomic mass is 9.75. The predicted octanol–water partition coefficient (Wildman–Crippen LogP) is 3.92. The first-order valence-corrected chi connectivity index (χ1v) is 13.5. The van der Waals surface area contributed by atoms with Crippen LogP contribution in [0, 0.1) is 11.7 Å². The van der Waals surface area contributed by atoms with Crippen molar-refractivity contribution in [1.29, 1.82) is 0 Å². The average Bonchev–Trinajstić information content (AvgIpc) is 2.92. The van der Waals surface area contributed by atoms with Gasteiger partial charge in [0.05, 0.1) is 40.7 Å². The summed E-state index contributed by atoms with van der Waals surface area (Å²) in [7, 11) is 1.49. The van der Waals surface area contributed by atoms with Crippen LogP contribution in [0.3, 0.4) is 0 Å². The monoisotopic (exact) mass is 540 g/mol. The van der Waals surface area contributed by atoms with E-state index >= 15 is 4.39 Å². The van der Waals surface area contributed by atoms with Crippen LogP contribution in [0.2, 0.25) is 0 Å². The highest BCUT2D eigenvalue weighted by atomic mass is 32.2. The first-order chi connectivity index (χ1) is 18.4. The van der Waals surface area contributed by atoms with Crippen LogP contribution < -0.4 is 20.7 Å². The molecule has 4 N–H and O–H groups in total. The largest absolute Gasteiger partial charge is 0.481 e. The minimum absolute atomic E-state index is 0.0440. The van der Waals surface area contributed by atoms with Crippen LogP contribution in [0.5, 0.6) is 5.88 Å². The molecule has 0 saturated heterocycles. The van der Waals surface area contributed by atoms with Gasteiger partial charge in [-0.1, -0.05) is 0 Å². The van der Waals surface area contributed by atoms with Crippen LogP contribution in [-0.2, 0) is 11.3 Å². The van der Waals surface area contributed by atoms with Crippen LogP contribution >= 0.6 is 11.8 Å². The Kier molecular flexibility index (Phi) is 7.89. The number of thioether (sulfide) groups is 1. The Morgan fingerprint density at radius 1 is 1.24 bits per heavy atom. The van der Waals surface area contributed by atoms with Gasteiger partial charge in [0, 0.05) is 36.7 Å². The van der Waals surface area contributed by atoms with E-state index in [0.717, 1.165) is 36.3 Å². The lowest BCUT2D eigenvalue weighted by molar-refractivity contribution is -0.113. The molecular weight excluding hydrogens is 511 g/mol. The first-order valence-electron chi connectivity index (χ1n) is 12.5. The molecule has 3 aromatic rings. The standard InChI is InChI=1S/C26H29FN6O4S/c1-37-22-9-7-19-24(33-22)23(18(27)12-29-19)17(11-30-26(35)36)14-2-4-15(5-3-14)28-10-16-6-8-20-25(31-16)32-21(34)13-38-20/h6-9,12,14-15,17,28,30H,2-5,10-11,13H2,1H3,(H,35,36)(H,31,32,34)/t14?,15?,17-/m0/s1. The normalized spacial score (nSPS) is 19.9. The van der Waals surface area contributed by atoms with Crippen molar-refractivity contribution in [3.8, 4) is 5.88 Å². The number of carboxylic acid groups (broad SMARTS) is 1. The molecule has 1 aliphatic heterocycles. The Balaban J connectivity index is 1.29. The Bertz CT molecular complexity index is 1350. The maximum atomic E-state index is 15.2. The zero-order valence-electron chi connectivity index (χ0n) is 20.9. The highest BCUT2D eigenvalue weighted by molar-refractivity contribution is 8.00. The summed E-state index contributed by atoms with van der Waals surface area (Å²) in [5, 5.41) is 18.1. The van der Waals surface area contributed by atoms with E-state index in [1.807, 2.05) is 12.1 Å². The van der Waals surface area contributed by atoms with E-state index in [0.29, 0.717) is 40.6 Å². The molecule has 2 amide bonds. The van der Waals surface area contributed by atoms with Crippen molar-refractivity contribution in [1.82, 2.24) is 25.6 Å². The highest BCUT2D eigenvalue weighted by Crippen LogP contribution is 2.39. The third kappa shape index (κ3) is 5.81. The molecule has 4 heterocycles. The number of carbonyl (C=O) groups excluding carboxylic acids is 1. The molecule has 200 valence electrons. The van der Waals surface area contributed by atoms with E-state index in [-0.39, 0.29) is 24.4 Å². The number of fused-ring (bicyclic) bond motifs is 2. The number of carbonyl (C=O) groups is 2. The molecule has 1 aliphatic carbocycles. The molecular formula is C26H29FN6O4S. The van der Waals surface area contributed by atoms with Gasteiger partial charge in [-0.05, 0) is 49.8 Å². The fourth-order valence-electron chi connectivity index (χ4n) is 5.29. The highest BCUT2D eigenvalue weighted by Gasteiger charge is 2.32. The fourth-order valence-corrected chi connectivity index (χ4v) is 6.05. The summed E-state index contributed by atoms with van der Waals surface area (Å²) in [6, 6.07) is 7.59. The van der Waals surface area contributed by atoms with E-state index in [4.69, 9.17) is 4.74 Å². The van der Waals surface area contributed by atoms with Crippen LogP contribution in [0.4, 0.5) is 15.0 Å². The van der Waals surface area contributed by atoms with Crippen molar-refractivity contribution in [3.05, 3.63) is 47.5 Å². The van der Waals surface area contributed by atoms with E-state index < -0.39 is 17.8 Å². The van der Waals surface area contributed by atoms with E-state index in [1.54, 1.807) is 12.1 Å². The number of anilines is 1. The van der Waals surface area contributed by atoms with Gasteiger partial charge in [-0.25, -0.2) is 19.2 Å². The quantitative estimate of drug-likeness (QED) is 0.335. The summed E-state index contributed by atoms with van der Waals surface area (Å²) >= 11 is 1.48. The van der Waals surface area contributed by atoms with Crippen molar-refractivity contribution in [3.63, 3.8) is 0 Å². The molecule has 1 saturated carbocycles. The SMILES string of the molecule is COc1ccc2ncc(F)c([C@@H](CNC(=O)O)C3CCC(NCc4ccc5c(n4)NC(=O)CS5)CC3)c2n1. The van der Waals surface area contributed by atoms with Gasteiger partial charge in [0.15, 0.2) is 0 Å². The van der Waals surface area contributed by atoms with E-state index in [2.05, 4.69) is 30.9 Å². The van der Waals surface area contributed by atoms with Gasteiger partial charge in [0.25, 0.3) is 0 Å². The lowest BCUT2D eigenvalue weighted by Gasteiger charge is -2.35. The number of ether oxygens (including phenoxy) is 1. The maximum Gasteiger partial charge on any atom is 0.404 e. The molecule has 3 aromatic heterocycles. The van der Waals surface area contributed by atoms with Crippen LogP contribution in [0.1, 0.15) is 42.9 Å². The summed E-state index contributed by atoms with van der Waals surface area (Å²) in [5.74, 6) is 0.471. The van der Waals surface area contributed by atoms with Crippen molar-refractivity contribution < 1.29 is 23.8 Å². The summed E-state index contributed by atoms with van der Waals surface area (Å²) < 4.78 is 20.5. The number of aromatic nitrogens is 3. The molecule has 0 aromatic carbocycles. The second-order valence-electron chi connectivity index (χ2n) is 9.51. The number of nitrogens with zero attached hydrogens (tertiary/aromatic N) is 3. The summed E-state index contributed by atoms with van der Waals surface area (Å²) in [4.78, 5) is 37.2. The van der Waals surface area contributed by atoms with Crippen LogP contribution in [0.15, 0.2) is 35.4 Å². The van der Waals surface area contributed by atoms with Gasteiger partial charge in [0.2, 0.25) is 11.8 Å². The van der Waals surface area contributed by atoms with Gasteiger partial charge in [-0.3, -0.25) is 9.78 Å². The Labute approximate surface area is 223 Å². The van der Waals surface area contributed by atoms with Gasteiger partial charge in [-0.2, -0.15) is 0 Å². The molecule has 38 heavy (non-hydrogen) atoms. The van der Waals surface area contributed by atoms with Crippen LogP contribution in [0.25, 0.3) is 11.0 Å². The molecule has 5 rings (SSSR count). The number of halogens is 1. The molecule has 10 nitrogen and oxygen atoms in total. The van der Waals surface area contributed by atoms with Gasteiger partial charge in [-0.15, -0.1) is 11.8 Å². The first kappa shape index (κ1) is 26.1. The average molecular weight is 541 g/mol. The summed E-state index contributed by atoms with van der Waals surface area (Å²) in [6.45, 7) is 0.649. The predicted molar refractivity (Wildman–Crippen MR) is 141 cm³/mol. The zero-order valence-corrected chi connectivity index (χ0v) is 21.7. The number of amides is 2. The topological polar surface area (TPSA) is 138 Å². The van der Waals surface area contributed by atoms with Gasteiger partial charge >= 0.3 is 6.09 Å². The maximum absolute atomic E-state index is 15.2. The summed E-state index contributed by atoms with van der Waals surface area (Å²) in [5.41, 5.74) is 2.15. The second kappa shape index (κ2) is 11.5. The number of pyridine rings is 3. The van der Waals surface area contributed by atoms with Crippen LogP contribution in [-0.4, -0.2) is 57.5 Å². The Morgan fingerprint density at radius 3 is 2.82 bits per heavy atom. The minimum Gasteiger partial charge on any atom is -0.481 e. The molecule has 2 aliphatic rings. The van der Waals surface area contributed by atoms with Gasteiger partial charge < -0.3 is 25.8 Å². The smallest absolute Gasteiger partial charge is 0.404 e. The molecule has 0 unspecified atom stereocenters. The zero-order chi connectivity index (χ0) is 26.6. The molecule has 0 bridgehead atoms. The lowest BCUT2D eigenvalue weighted by Crippen LogP contribution is -2.37. The van der Waals surface area contributed by atoms with Gasteiger partial charge in [0.1, 0.15) is 11.6 Å². The van der Waals surface area contributed by atoms with E-state index in [1.165, 1.54) is 25.1 Å². The third-order valence-corrected chi connectivity index (χ3v) is 8.22. The number of hydrogen-bond donors (Lipinski definition) is 4. The van der Waals surface area contributed by atoms with E-state index in [9.17, 15) is 14.7 Å². The molecule has 0 spiro atoms. The van der Waals surface area contributed by atoms with Crippen molar-refractivity contribution in [2.24, 2.45) is 5.92 Å².